The van der Waals surface area contributed by atoms with E-state index in [9.17, 15) is 0 Å². The Bertz CT molecular complexity index is 286. The van der Waals surface area contributed by atoms with Crippen molar-refractivity contribution in [2.24, 2.45) is 22.7 Å². The van der Waals surface area contributed by atoms with Crippen molar-refractivity contribution in [3.63, 3.8) is 0 Å². The SMILES string of the molecule is C=C(C1CC1)C12CC13CCCC32. The molecule has 4 saturated carbocycles. The molecule has 0 N–H and O–H groups in total. The summed E-state index contributed by atoms with van der Waals surface area (Å²) in [4.78, 5) is 0. The number of fused-ring (bicyclic) bond motifs is 1. The van der Waals surface area contributed by atoms with Gasteiger partial charge in [0.05, 0.1) is 0 Å². The highest BCUT2D eigenvalue weighted by Crippen LogP contribution is 2.98. The Morgan fingerprint density at radius 1 is 1.25 bits per heavy atom. The van der Waals surface area contributed by atoms with Gasteiger partial charge in [0.1, 0.15) is 0 Å². The van der Waals surface area contributed by atoms with Crippen molar-refractivity contribution in [2.45, 2.75) is 38.5 Å². The van der Waals surface area contributed by atoms with Gasteiger partial charge in [-0.15, -0.1) is 0 Å². The first-order chi connectivity index (χ1) is 5.81. The maximum absolute atomic E-state index is 4.37. The van der Waals surface area contributed by atoms with E-state index in [1.54, 1.807) is 18.4 Å². The van der Waals surface area contributed by atoms with Gasteiger partial charge in [0, 0.05) is 5.41 Å². The highest BCUT2D eigenvalue weighted by molar-refractivity contribution is 5.50. The molecule has 0 aliphatic heterocycles. The molecule has 0 bridgehead atoms. The minimum absolute atomic E-state index is 0.756. The van der Waals surface area contributed by atoms with Crippen molar-refractivity contribution in [2.75, 3.05) is 0 Å². The van der Waals surface area contributed by atoms with Crippen LogP contribution in [0.4, 0.5) is 0 Å². The lowest BCUT2D eigenvalue weighted by atomic mass is 9.93. The van der Waals surface area contributed by atoms with Gasteiger partial charge in [-0.1, -0.05) is 18.6 Å². The highest BCUT2D eigenvalue weighted by Gasteiger charge is 2.91. The summed E-state index contributed by atoms with van der Waals surface area (Å²) in [5.41, 5.74) is 3.31. The van der Waals surface area contributed by atoms with Crippen LogP contribution in [0.15, 0.2) is 12.2 Å². The van der Waals surface area contributed by atoms with Crippen molar-refractivity contribution >= 4 is 0 Å². The quantitative estimate of drug-likeness (QED) is 0.544. The molecule has 4 aliphatic rings. The molecule has 0 amide bonds. The molecule has 12 heavy (non-hydrogen) atoms. The molecule has 0 aromatic rings. The fourth-order valence-electron chi connectivity index (χ4n) is 4.41. The standard InChI is InChI=1S/C12H16/c1-8(9-4-5-9)12-7-11(12)6-2-3-10(11)12/h9-10H,1-7H2. The maximum Gasteiger partial charge on any atom is 0.00112 e. The first-order valence-electron chi connectivity index (χ1n) is 5.50. The molecule has 0 radical (unpaired) electrons. The van der Waals surface area contributed by atoms with Crippen LogP contribution in [0.2, 0.25) is 0 Å². The summed E-state index contributed by atoms with van der Waals surface area (Å²) in [7, 11) is 0. The van der Waals surface area contributed by atoms with Gasteiger partial charge in [-0.05, 0) is 49.4 Å². The van der Waals surface area contributed by atoms with E-state index in [2.05, 4.69) is 6.58 Å². The lowest BCUT2D eigenvalue weighted by molar-refractivity contribution is 0.505. The lowest BCUT2D eigenvalue weighted by Gasteiger charge is -2.11. The summed E-state index contributed by atoms with van der Waals surface area (Å²) in [5, 5.41) is 0. The zero-order valence-corrected chi connectivity index (χ0v) is 7.60. The van der Waals surface area contributed by atoms with E-state index in [1.165, 1.54) is 25.7 Å². The first-order valence-corrected chi connectivity index (χ1v) is 5.50. The van der Waals surface area contributed by atoms with E-state index in [1.807, 2.05) is 0 Å². The Balaban J connectivity index is 1.68. The Kier molecular flexibility index (Phi) is 0.740. The lowest BCUT2D eigenvalue weighted by Crippen LogP contribution is -2.02. The molecule has 4 rings (SSSR count). The molecule has 0 saturated heterocycles. The van der Waals surface area contributed by atoms with Crippen molar-refractivity contribution in [1.82, 2.24) is 0 Å². The normalized spacial score (nSPS) is 59.2. The summed E-state index contributed by atoms with van der Waals surface area (Å²) in [6.07, 6.45) is 9.06. The third-order valence-electron chi connectivity index (χ3n) is 5.30. The molecule has 4 aliphatic carbocycles. The number of rotatable bonds is 2. The smallest absolute Gasteiger partial charge is 0.00112 e. The van der Waals surface area contributed by atoms with Crippen LogP contribution in [0.5, 0.6) is 0 Å². The van der Waals surface area contributed by atoms with Gasteiger partial charge in [0.25, 0.3) is 0 Å². The van der Waals surface area contributed by atoms with Gasteiger partial charge in [-0.2, -0.15) is 0 Å². The third-order valence-corrected chi connectivity index (χ3v) is 5.30. The summed E-state index contributed by atoms with van der Waals surface area (Å²) in [6.45, 7) is 4.37. The molecule has 0 aromatic carbocycles. The number of allylic oxidation sites excluding steroid dienone is 1. The van der Waals surface area contributed by atoms with Gasteiger partial charge < -0.3 is 0 Å². The minimum Gasteiger partial charge on any atom is -0.0990 e. The predicted octanol–water partition coefficient (Wildman–Crippen LogP) is 3.14. The molecule has 0 aromatic heterocycles. The van der Waals surface area contributed by atoms with Gasteiger partial charge in [0.15, 0.2) is 0 Å². The third kappa shape index (κ3) is 0.407. The van der Waals surface area contributed by atoms with Crippen LogP contribution in [0.25, 0.3) is 0 Å². The molecule has 4 fully saturated rings. The van der Waals surface area contributed by atoms with E-state index >= 15 is 0 Å². The van der Waals surface area contributed by atoms with E-state index in [-0.39, 0.29) is 0 Å². The molecule has 1 spiro atoms. The van der Waals surface area contributed by atoms with Gasteiger partial charge in [-0.25, -0.2) is 0 Å². The Labute approximate surface area is 74.0 Å². The average Bonchev–Trinajstić information content (AvgIpc) is 2.95. The van der Waals surface area contributed by atoms with Gasteiger partial charge in [0.2, 0.25) is 0 Å². The number of hydrogen-bond acceptors (Lipinski definition) is 0. The fourth-order valence-corrected chi connectivity index (χ4v) is 4.41. The zero-order chi connectivity index (χ0) is 7.97. The van der Waals surface area contributed by atoms with Crippen LogP contribution >= 0.6 is 0 Å². The van der Waals surface area contributed by atoms with Crippen LogP contribution in [0.3, 0.4) is 0 Å². The Morgan fingerprint density at radius 2 is 2.08 bits per heavy atom. The predicted molar refractivity (Wildman–Crippen MR) is 48.7 cm³/mol. The molecule has 0 nitrogen and oxygen atoms in total. The highest BCUT2D eigenvalue weighted by atomic mass is 14.9. The van der Waals surface area contributed by atoms with Gasteiger partial charge >= 0.3 is 0 Å². The van der Waals surface area contributed by atoms with Crippen LogP contribution < -0.4 is 0 Å². The topological polar surface area (TPSA) is 0 Å². The molecule has 3 unspecified atom stereocenters. The molecular formula is C12H16. The van der Waals surface area contributed by atoms with Crippen molar-refractivity contribution in [1.29, 1.82) is 0 Å². The average molecular weight is 160 g/mol. The molecule has 3 atom stereocenters. The fraction of sp³-hybridized carbons (Fsp3) is 0.833. The van der Waals surface area contributed by atoms with E-state index in [0.717, 1.165) is 22.7 Å². The van der Waals surface area contributed by atoms with Crippen molar-refractivity contribution < 1.29 is 0 Å². The minimum atomic E-state index is 0.756. The monoisotopic (exact) mass is 160 g/mol. The van der Waals surface area contributed by atoms with Gasteiger partial charge in [-0.3, -0.25) is 0 Å². The largest absolute Gasteiger partial charge is 0.0990 e. The Hall–Kier alpha value is -0.260. The summed E-state index contributed by atoms with van der Waals surface area (Å²) in [6, 6.07) is 0. The van der Waals surface area contributed by atoms with Crippen LogP contribution in [0, 0.1) is 22.7 Å². The second kappa shape index (κ2) is 1.42. The second-order valence-electron chi connectivity index (χ2n) is 5.55. The maximum atomic E-state index is 4.37. The van der Waals surface area contributed by atoms with Crippen molar-refractivity contribution in [3.05, 3.63) is 12.2 Å². The number of hydrogen-bond donors (Lipinski definition) is 0. The Morgan fingerprint density at radius 3 is 2.67 bits per heavy atom. The summed E-state index contributed by atoms with van der Waals surface area (Å²) in [5.74, 6) is 2.09. The molecule has 0 heterocycles. The summed E-state index contributed by atoms with van der Waals surface area (Å²) < 4.78 is 0. The molecule has 0 heteroatoms. The molecule has 64 valence electrons. The van der Waals surface area contributed by atoms with Crippen molar-refractivity contribution in [3.8, 4) is 0 Å². The van der Waals surface area contributed by atoms with E-state index < -0.39 is 0 Å². The first kappa shape index (κ1) is 6.23. The molecular weight excluding hydrogens is 144 g/mol. The zero-order valence-electron chi connectivity index (χ0n) is 7.60. The second-order valence-corrected chi connectivity index (χ2v) is 5.55. The van der Waals surface area contributed by atoms with Crippen LogP contribution in [-0.4, -0.2) is 0 Å². The van der Waals surface area contributed by atoms with Crippen LogP contribution in [-0.2, 0) is 0 Å². The van der Waals surface area contributed by atoms with E-state index in [0.29, 0.717) is 0 Å². The summed E-state index contributed by atoms with van der Waals surface area (Å²) >= 11 is 0. The van der Waals surface area contributed by atoms with E-state index in [4.69, 9.17) is 0 Å². The van der Waals surface area contributed by atoms with Crippen LogP contribution in [0.1, 0.15) is 38.5 Å².